The van der Waals surface area contributed by atoms with Crippen LogP contribution in [0.3, 0.4) is 0 Å². The van der Waals surface area contributed by atoms with Gasteiger partial charge in [0.2, 0.25) is 0 Å². The van der Waals surface area contributed by atoms with E-state index in [1.807, 2.05) is 6.07 Å². The van der Waals surface area contributed by atoms with Crippen molar-refractivity contribution in [2.45, 2.75) is 19.3 Å². The van der Waals surface area contributed by atoms with Gasteiger partial charge >= 0.3 is 0 Å². The van der Waals surface area contributed by atoms with Crippen LogP contribution in [-0.2, 0) is 4.79 Å². The van der Waals surface area contributed by atoms with E-state index < -0.39 is 4.92 Å². The molecule has 114 valence electrons. The van der Waals surface area contributed by atoms with Crippen LogP contribution in [0.25, 0.3) is 0 Å². The molecule has 0 atom stereocenters. The minimum atomic E-state index is -0.519. The van der Waals surface area contributed by atoms with Gasteiger partial charge in [-0.25, -0.2) is 0 Å². The van der Waals surface area contributed by atoms with Gasteiger partial charge in [0, 0.05) is 25.4 Å². The topological polar surface area (TPSA) is 99.3 Å². The molecule has 1 heterocycles. The third-order valence-electron chi connectivity index (χ3n) is 3.47. The molecule has 0 aliphatic carbocycles. The summed E-state index contributed by atoms with van der Waals surface area (Å²) in [5.41, 5.74) is 0.0770. The fourth-order valence-electron chi connectivity index (χ4n) is 2.31. The third kappa shape index (κ3) is 3.61. The number of nitrogens with one attached hydrogen (secondary N) is 1. The Hall–Kier alpha value is -2.88. The lowest BCUT2D eigenvalue weighted by Gasteiger charge is -2.26. The van der Waals surface area contributed by atoms with Crippen molar-refractivity contribution in [3.05, 3.63) is 46.2 Å². The van der Waals surface area contributed by atoms with Crippen LogP contribution in [0.5, 0.6) is 0 Å². The lowest BCUT2D eigenvalue weighted by Crippen LogP contribution is -2.36. The molecule has 1 aliphatic heterocycles. The number of rotatable bonds is 4. The SMILES string of the molecule is N#C/C(=C/Nc1ccccc1[N+](=O)[O-])C(=O)N1CCCCC1. The van der Waals surface area contributed by atoms with Crippen LogP contribution in [0.1, 0.15) is 19.3 Å². The molecule has 0 spiro atoms. The molecule has 22 heavy (non-hydrogen) atoms. The maximum Gasteiger partial charge on any atom is 0.292 e. The lowest BCUT2D eigenvalue weighted by molar-refractivity contribution is -0.383. The summed E-state index contributed by atoms with van der Waals surface area (Å²) in [5.74, 6) is -0.340. The normalized spacial score (nSPS) is 15.0. The summed E-state index contributed by atoms with van der Waals surface area (Å²) in [5, 5.41) is 22.8. The molecule has 2 rings (SSSR count). The van der Waals surface area contributed by atoms with Crippen molar-refractivity contribution in [1.82, 2.24) is 4.90 Å². The Labute approximate surface area is 128 Å². The average molecular weight is 300 g/mol. The van der Waals surface area contributed by atoms with Gasteiger partial charge in [0.25, 0.3) is 11.6 Å². The first kappa shape index (κ1) is 15.5. The van der Waals surface area contributed by atoms with Gasteiger partial charge in [-0.2, -0.15) is 5.26 Å². The Morgan fingerprint density at radius 2 is 2.00 bits per heavy atom. The van der Waals surface area contributed by atoms with E-state index in [4.69, 9.17) is 5.26 Å². The molecule has 1 aromatic rings. The number of anilines is 1. The van der Waals surface area contributed by atoms with Gasteiger partial charge in [-0.1, -0.05) is 12.1 Å². The predicted molar refractivity (Wildman–Crippen MR) is 80.8 cm³/mol. The van der Waals surface area contributed by atoms with E-state index in [2.05, 4.69) is 5.32 Å². The number of nitriles is 1. The van der Waals surface area contributed by atoms with E-state index in [1.54, 1.807) is 17.0 Å². The molecule has 1 aromatic carbocycles. The van der Waals surface area contributed by atoms with Crippen LogP contribution in [0.4, 0.5) is 11.4 Å². The number of hydrogen-bond donors (Lipinski definition) is 1. The number of amides is 1. The highest BCUT2D eigenvalue weighted by atomic mass is 16.6. The summed E-state index contributed by atoms with van der Waals surface area (Å²) in [6.07, 6.45) is 4.19. The largest absolute Gasteiger partial charge is 0.355 e. The molecule has 0 bridgehead atoms. The molecule has 1 saturated heterocycles. The Balaban J connectivity index is 2.15. The summed E-state index contributed by atoms with van der Waals surface area (Å²) in [4.78, 5) is 24.3. The zero-order chi connectivity index (χ0) is 15.9. The van der Waals surface area contributed by atoms with Crippen molar-refractivity contribution in [3.63, 3.8) is 0 Å². The Kier molecular flexibility index (Phi) is 5.09. The minimum absolute atomic E-state index is 0.0555. The second-order valence-electron chi connectivity index (χ2n) is 4.94. The molecule has 7 nitrogen and oxygen atoms in total. The summed E-state index contributed by atoms with van der Waals surface area (Å²) in [6.45, 7) is 1.28. The lowest BCUT2D eigenvalue weighted by atomic mass is 10.1. The average Bonchev–Trinajstić information content (AvgIpc) is 2.56. The van der Waals surface area contributed by atoms with E-state index in [-0.39, 0.29) is 22.9 Å². The number of carbonyl (C=O) groups excluding carboxylic acids is 1. The second kappa shape index (κ2) is 7.22. The van der Waals surface area contributed by atoms with Crippen LogP contribution in [0.2, 0.25) is 0 Å². The van der Waals surface area contributed by atoms with Crippen LogP contribution < -0.4 is 5.32 Å². The highest BCUT2D eigenvalue weighted by Gasteiger charge is 2.20. The van der Waals surface area contributed by atoms with Gasteiger partial charge in [0.05, 0.1) is 4.92 Å². The number of nitro groups is 1. The van der Waals surface area contributed by atoms with E-state index in [1.165, 1.54) is 18.3 Å². The molecular weight excluding hydrogens is 284 g/mol. The predicted octanol–water partition coefficient (Wildman–Crippen LogP) is 2.43. The molecule has 1 amide bonds. The summed E-state index contributed by atoms with van der Waals surface area (Å²) >= 11 is 0. The number of piperidine rings is 1. The van der Waals surface area contributed by atoms with Gasteiger partial charge in [-0.15, -0.1) is 0 Å². The summed E-state index contributed by atoms with van der Waals surface area (Å²) < 4.78 is 0. The zero-order valence-corrected chi connectivity index (χ0v) is 12.0. The van der Waals surface area contributed by atoms with E-state index >= 15 is 0 Å². The molecule has 7 heteroatoms. The fourth-order valence-corrected chi connectivity index (χ4v) is 2.31. The van der Waals surface area contributed by atoms with Gasteiger partial charge in [0.1, 0.15) is 17.3 Å². The van der Waals surface area contributed by atoms with Crippen LogP contribution >= 0.6 is 0 Å². The quantitative estimate of drug-likeness (QED) is 0.398. The van der Waals surface area contributed by atoms with Crippen molar-refractivity contribution in [3.8, 4) is 6.07 Å². The third-order valence-corrected chi connectivity index (χ3v) is 3.47. The maximum atomic E-state index is 12.2. The van der Waals surface area contributed by atoms with Crippen LogP contribution in [-0.4, -0.2) is 28.8 Å². The number of nitro benzene ring substituents is 1. The van der Waals surface area contributed by atoms with E-state index in [0.29, 0.717) is 13.1 Å². The second-order valence-corrected chi connectivity index (χ2v) is 4.94. The Bertz CT molecular complexity index is 642. The van der Waals surface area contributed by atoms with Crippen molar-refractivity contribution in [2.75, 3.05) is 18.4 Å². The van der Waals surface area contributed by atoms with Gasteiger partial charge in [-0.3, -0.25) is 14.9 Å². The fraction of sp³-hybridized carbons (Fsp3) is 0.333. The van der Waals surface area contributed by atoms with Gasteiger partial charge < -0.3 is 10.2 Å². The van der Waals surface area contributed by atoms with Gasteiger partial charge in [-0.05, 0) is 25.3 Å². The number of nitrogens with zero attached hydrogens (tertiary/aromatic N) is 3. The highest BCUT2D eigenvalue weighted by Crippen LogP contribution is 2.23. The Morgan fingerprint density at radius 1 is 1.32 bits per heavy atom. The van der Waals surface area contributed by atoms with Crippen LogP contribution in [0.15, 0.2) is 36.0 Å². The van der Waals surface area contributed by atoms with Crippen molar-refractivity contribution >= 4 is 17.3 Å². The molecule has 1 fully saturated rings. The van der Waals surface area contributed by atoms with Gasteiger partial charge in [0.15, 0.2) is 0 Å². The smallest absolute Gasteiger partial charge is 0.292 e. The number of para-hydroxylation sites is 2. The first-order valence-corrected chi connectivity index (χ1v) is 7.03. The standard InChI is InChI=1S/C15H16N4O3/c16-10-12(15(20)18-8-4-1-5-9-18)11-17-13-6-2-3-7-14(13)19(21)22/h2-3,6-7,11,17H,1,4-5,8-9H2/b12-11-. The van der Waals surface area contributed by atoms with Crippen LogP contribution in [0, 0.1) is 21.4 Å². The molecule has 0 radical (unpaired) electrons. The van der Waals surface area contributed by atoms with E-state index in [9.17, 15) is 14.9 Å². The molecule has 0 unspecified atom stereocenters. The number of hydrogen-bond acceptors (Lipinski definition) is 5. The summed E-state index contributed by atoms with van der Waals surface area (Å²) in [6, 6.07) is 7.93. The monoisotopic (exact) mass is 300 g/mol. The number of carbonyl (C=O) groups is 1. The first-order valence-electron chi connectivity index (χ1n) is 7.03. The van der Waals surface area contributed by atoms with E-state index in [0.717, 1.165) is 19.3 Å². The highest BCUT2D eigenvalue weighted by molar-refractivity contribution is 5.97. The summed E-state index contributed by atoms with van der Waals surface area (Å²) in [7, 11) is 0. The number of likely N-dealkylation sites (tertiary alicyclic amines) is 1. The Morgan fingerprint density at radius 3 is 2.64 bits per heavy atom. The maximum absolute atomic E-state index is 12.2. The zero-order valence-electron chi connectivity index (χ0n) is 12.0. The van der Waals surface area contributed by atoms with Crippen molar-refractivity contribution in [2.24, 2.45) is 0 Å². The molecule has 0 aromatic heterocycles. The molecule has 0 saturated carbocycles. The van der Waals surface area contributed by atoms with Crippen molar-refractivity contribution in [1.29, 1.82) is 5.26 Å². The molecule has 1 aliphatic rings. The first-order chi connectivity index (χ1) is 10.6. The number of benzene rings is 1. The minimum Gasteiger partial charge on any atom is -0.355 e. The molecular formula is C15H16N4O3. The van der Waals surface area contributed by atoms with Crippen molar-refractivity contribution < 1.29 is 9.72 Å². The molecule has 1 N–H and O–H groups in total.